The van der Waals surface area contributed by atoms with Crippen LogP contribution in [0.2, 0.25) is 0 Å². The Hall–Kier alpha value is -1.73. The van der Waals surface area contributed by atoms with Crippen molar-refractivity contribution in [3.63, 3.8) is 0 Å². The summed E-state index contributed by atoms with van der Waals surface area (Å²) in [7, 11) is 1.61. The Labute approximate surface area is 102 Å². The molecule has 0 radical (unpaired) electrons. The summed E-state index contributed by atoms with van der Waals surface area (Å²) in [5.41, 5.74) is 6.58. The van der Waals surface area contributed by atoms with Crippen LogP contribution in [0.3, 0.4) is 0 Å². The fourth-order valence-electron chi connectivity index (χ4n) is 1.45. The molecule has 0 aliphatic carbocycles. The molecule has 0 aromatic heterocycles. The summed E-state index contributed by atoms with van der Waals surface area (Å²) < 4.78 is 10.8. The van der Waals surface area contributed by atoms with Crippen LogP contribution >= 0.6 is 0 Å². The molecular weight excluding hydrogens is 216 g/mol. The van der Waals surface area contributed by atoms with E-state index in [4.69, 9.17) is 20.5 Å². The molecule has 0 spiro atoms. The van der Waals surface area contributed by atoms with Gasteiger partial charge >= 0.3 is 0 Å². The molecule has 0 bridgehead atoms. The van der Waals surface area contributed by atoms with Crippen LogP contribution in [0.15, 0.2) is 18.2 Å². The van der Waals surface area contributed by atoms with Crippen molar-refractivity contribution in [3.8, 4) is 17.6 Å². The predicted octanol–water partition coefficient (Wildman–Crippen LogP) is 2.23. The lowest BCUT2D eigenvalue weighted by Crippen LogP contribution is -2.02. The molecule has 92 valence electrons. The topological polar surface area (TPSA) is 68.3 Å². The number of hydrogen-bond acceptors (Lipinski definition) is 4. The first kappa shape index (κ1) is 13.3. The van der Waals surface area contributed by atoms with Crippen LogP contribution in [0.1, 0.15) is 24.8 Å². The normalized spacial score (nSPS) is 9.71. The summed E-state index contributed by atoms with van der Waals surface area (Å²) in [5.74, 6) is 1.43. The van der Waals surface area contributed by atoms with E-state index in [0.717, 1.165) is 18.4 Å². The van der Waals surface area contributed by atoms with Crippen LogP contribution in [0.5, 0.6) is 11.5 Å². The van der Waals surface area contributed by atoms with E-state index in [2.05, 4.69) is 6.07 Å². The van der Waals surface area contributed by atoms with Crippen molar-refractivity contribution in [2.75, 3.05) is 13.7 Å². The number of nitriles is 1. The van der Waals surface area contributed by atoms with Crippen molar-refractivity contribution in [1.29, 1.82) is 5.26 Å². The molecule has 0 saturated carbocycles. The fourth-order valence-corrected chi connectivity index (χ4v) is 1.45. The van der Waals surface area contributed by atoms with Gasteiger partial charge < -0.3 is 15.2 Å². The Morgan fingerprint density at radius 2 is 2.12 bits per heavy atom. The number of ether oxygens (including phenoxy) is 2. The first-order chi connectivity index (χ1) is 8.31. The van der Waals surface area contributed by atoms with Crippen LogP contribution < -0.4 is 15.2 Å². The molecule has 0 heterocycles. The number of nitrogens with two attached hydrogens (primary N) is 1. The van der Waals surface area contributed by atoms with Gasteiger partial charge in [-0.1, -0.05) is 6.07 Å². The second-order valence-electron chi connectivity index (χ2n) is 3.65. The average molecular weight is 234 g/mol. The molecule has 2 N–H and O–H groups in total. The highest BCUT2D eigenvalue weighted by Gasteiger charge is 2.04. The summed E-state index contributed by atoms with van der Waals surface area (Å²) in [5, 5.41) is 8.41. The van der Waals surface area contributed by atoms with Crippen LogP contribution in [-0.4, -0.2) is 13.7 Å². The highest BCUT2D eigenvalue weighted by atomic mass is 16.5. The van der Waals surface area contributed by atoms with Crippen molar-refractivity contribution in [2.45, 2.75) is 25.8 Å². The minimum Gasteiger partial charge on any atom is -0.493 e. The van der Waals surface area contributed by atoms with E-state index in [1.54, 1.807) is 7.11 Å². The molecule has 1 rings (SSSR count). The summed E-state index contributed by atoms with van der Waals surface area (Å²) in [6.45, 7) is 1.07. The number of benzene rings is 1. The average Bonchev–Trinajstić information content (AvgIpc) is 2.38. The zero-order valence-corrected chi connectivity index (χ0v) is 10.1. The van der Waals surface area contributed by atoms with Crippen LogP contribution in [0.25, 0.3) is 0 Å². The van der Waals surface area contributed by atoms with E-state index < -0.39 is 0 Å². The van der Waals surface area contributed by atoms with Crippen molar-refractivity contribution in [2.24, 2.45) is 5.73 Å². The maximum absolute atomic E-state index is 8.41. The monoisotopic (exact) mass is 234 g/mol. The van der Waals surface area contributed by atoms with Crippen LogP contribution in [0.4, 0.5) is 0 Å². The van der Waals surface area contributed by atoms with Crippen molar-refractivity contribution >= 4 is 0 Å². The van der Waals surface area contributed by atoms with Gasteiger partial charge in [0.15, 0.2) is 11.5 Å². The minimum atomic E-state index is 0.481. The third kappa shape index (κ3) is 4.33. The quantitative estimate of drug-likeness (QED) is 0.734. The summed E-state index contributed by atoms with van der Waals surface area (Å²) in [4.78, 5) is 0. The second-order valence-corrected chi connectivity index (χ2v) is 3.65. The Morgan fingerprint density at radius 1 is 1.29 bits per heavy atom. The Balaban J connectivity index is 2.53. The number of hydrogen-bond donors (Lipinski definition) is 1. The predicted molar refractivity (Wildman–Crippen MR) is 65.8 cm³/mol. The maximum Gasteiger partial charge on any atom is 0.161 e. The molecule has 0 unspecified atom stereocenters. The third-order valence-electron chi connectivity index (χ3n) is 2.40. The van der Waals surface area contributed by atoms with Crippen molar-refractivity contribution in [3.05, 3.63) is 23.8 Å². The molecule has 0 aliphatic rings. The summed E-state index contributed by atoms with van der Waals surface area (Å²) >= 11 is 0. The zero-order chi connectivity index (χ0) is 12.5. The fraction of sp³-hybridized carbons (Fsp3) is 0.462. The van der Waals surface area contributed by atoms with Gasteiger partial charge in [0.1, 0.15) is 0 Å². The molecule has 1 aromatic rings. The van der Waals surface area contributed by atoms with Gasteiger partial charge in [-0.2, -0.15) is 5.26 Å². The molecule has 17 heavy (non-hydrogen) atoms. The second kappa shape index (κ2) is 7.53. The molecular formula is C13H18N2O2. The van der Waals surface area contributed by atoms with Crippen LogP contribution in [0, 0.1) is 11.3 Å². The van der Waals surface area contributed by atoms with Gasteiger partial charge in [0, 0.05) is 13.0 Å². The van der Waals surface area contributed by atoms with Gasteiger partial charge in [0.25, 0.3) is 0 Å². The van der Waals surface area contributed by atoms with E-state index in [0.29, 0.717) is 31.1 Å². The zero-order valence-electron chi connectivity index (χ0n) is 10.1. The third-order valence-corrected chi connectivity index (χ3v) is 2.40. The lowest BCUT2D eigenvalue weighted by atomic mass is 10.2. The van der Waals surface area contributed by atoms with E-state index in [9.17, 15) is 0 Å². The molecule has 0 saturated heterocycles. The van der Waals surface area contributed by atoms with Crippen molar-refractivity contribution in [1.82, 2.24) is 0 Å². The molecule has 4 heteroatoms. The van der Waals surface area contributed by atoms with Gasteiger partial charge in [0.2, 0.25) is 0 Å². The molecule has 0 aliphatic heterocycles. The molecule has 1 aromatic carbocycles. The van der Waals surface area contributed by atoms with E-state index in [1.807, 2.05) is 18.2 Å². The van der Waals surface area contributed by atoms with E-state index in [-0.39, 0.29) is 0 Å². The molecule has 0 fully saturated rings. The Morgan fingerprint density at radius 3 is 2.76 bits per heavy atom. The van der Waals surface area contributed by atoms with Gasteiger partial charge in [-0.3, -0.25) is 0 Å². The minimum absolute atomic E-state index is 0.481. The van der Waals surface area contributed by atoms with Crippen molar-refractivity contribution < 1.29 is 9.47 Å². The Bertz CT molecular complexity index is 385. The lowest BCUT2D eigenvalue weighted by Gasteiger charge is -2.11. The first-order valence-electron chi connectivity index (χ1n) is 5.68. The SMILES string of the molecule is COc1ccc(CN)cc1OCCCCC#N. The smallest absolute Gasteiger partial charge is 0.161 e. The van der Waals surface area contributed by atoms with Gasteiger partial charge in [-0.05, 0) is 30.5 Å². The maximum atomic E-state index is 8.41. The standard InChI is InChI=1S/C13H18N2O2/c1-16-12-6-5-11(10-15)9-13(12)17-8-4-2-3-7-14/h5-6,9H,2-4,8,10,15H2,1H3. The lowest BCUT2D eigenvalue weighted by molar-refractivity contribution is 0.286. The molecule has 0 atom stereocenters. The number of nitrogens with zero attached hydrogens (tertiary/aromatic N) is 1. The number of rotatable bonds is 7. The number of methoxy groups -OCH3 is 1. The number of unbranched alkanes of at least 4 members (excludes halogenated alkanes) is 2. The van der Waals surface area contributed by atoms with Crippen LogP contribution in [-0.2, 0) is 6.54 Å². The summed E-state index contributed by atoms with van der Waals surface area (Å²) in [6.07, 6.45) is 2.29. The largest absolute Gasteiger partial charge is 0.493 e. The van der Waals surface area contributed by atoms with Gasteiger partial charge in [0.05, 0.1) is 19.8 Å². The summed E-state index contributed by atoms with van der Waals surface area (Å²) in [6, 6.07) is 7.77. The first-order valence-corrected chi connectivity index (χ1v) is 5.68. The van der Waals surface area contributed by atoms with E-state index in [1.165, 1.54) is 0 Å². The highest BCUT2D eigenvalue weighted by molar-refractivity contribution is 5.42. The molecule has 4 nitrogen and oxygen atoms in total. The van der Waals surface area contributed by atoms with Gasteiger partial charge in [-0.25, -0.2) is 0 Å². The Kier molecular flexibility index (Phi) is 5.91. The van der Waals surface area contributed by atoms with Gasteiger partial charge in [-0.15, -0.1) is 0 Å². The molecule has 0 amide bonds. The highest BCUT2D eigenvalue weighted by Crippen LogP contribution is 2.28. The van der Waals surface area contributed by atoms with E-state index >= 15 is 0 Å².